The molecule has 0 bridgehead atoms. The third-order valence-corrected chi connectivity index (χ3v) is 4.79. The van der Waals surface area contributed by atoms with Crippen molar-refractivity contribution >= 4 is 21.4 Å². The molecule has 24 heavy (non-hydrogen) atoms. The van der Waals surface area contributed by atoms with Crippen molar-refractivity contribution < 1.29 is 17.9 Å². The molecule has 2 aromatic carbocycles. The topological polar surface area (TPSA) is 72.5 Å². The third kappa shape index (κ3) is 5.38. The fourth-order valence-electron chi connectivity index (χ4n) is 2.24. The number of carbonyl (C=O) groups is 1. The van der Waals surface area contributed by atoms with Gasteiger partial charge in [0.05, 0.1) is 12.4 Å². The molecule has 0 atom stereocenters. The third-order valence-electron chi connectivity index (χ3n) is 3.33. The molecule has 1 amide bonds. The van der Waals surface area contributed by atoms with Crippen LogP contribution in [0.1, 0.15) is 18.1 Å². The van der Waals surface area contributed by atoms with Crippen LogP contribution in [0.15, 0.2) is 48.5 Å². The van der Waals surface area contributed by atoms with E-state index in [-0.39, 0.29) is 5.75 Å². The molecule has 0 unspecified atom stereocenters. The Labute approximate surface area is 142 Å². The number of amides is 1. The molecule has 128 valence electrons. The summed E-state index contributed by atoms with van der Waals surface area (Å²) >= 11 is 0. The van der Waals surface area contributed by atoms with Crippen molar-refractivity contribution in [2.45, 2.75) is 19.6 Å². The van der Waals surface area contributed by atoms with E-state index in [4.69, 9.17) is 4.74 Å². The summed E-state index contributed by atoms with van der Waals surface area (Å²) in [4.78, 5) is 12.0. The first-order valence-electron chi connectivity index (χ1n) is 7.67. The van der Waals surface area contributed by atoms with Crippen molar-refractivity contribution in [1.29, 1.82) is 0 Å². The number of hydrogen-bond acceptors (Lipinski definition) is 4. The lowest BCUT2D eigenvalue weighted by molar-refractivity contribution is -0.113. The second-order valence-corrected chi connectivity index (χ2v) is 7.55. The maximum Gasteiger partial charge on any atom is 0.239 e. The summed E-state index contributed by atoms with van der Waals surface area (Å²) in [5, 5.41) is 2.60. The second kappa shape index (κ2) is 7.97. The van der Waals surface area contributed by atoms with Gasteiger partial charge >= 0.3 is 0 Å². The van der Waals surface area contributed by atoms with Gasteiger partial charge in [-0.3, -0.25) is 4.79 Å². The van der Waals surface area contributed by atoms with Crippen molar-refractivity contribution in [3.8, 4) is 5.75 Å². The van der Waals surface area contributed by atoms with Crippen LogP contribution in [0.5, 0.6) is 5.75 Å². The van der Waals surface area contributed by atoms with E-state index in [1.54, 1.807) is 36.4 Å². The summed E-state index contributed by atoms with van der Waals surface area (Å²) in [6, 6.07) is 14.1. The molecule has 0 radical (unpaired) electrons. The van der Waals surface area contributed by atoms with Crippen molar-refractivity contribution in [2.24, 2.45) is 0 Å². The van der Waals surface area contributed by atoms with Crippen molar-refractivity contribution in [1.82, 2.24) is 0 Å². The average molecular weight is 347 g/mol. The van der Waals surface area contributed by atoms with E-state index in [1.165, 1.54) is 0 Å². The quantitative estimate of drug-likeness (QED) is 0.836. The highest BCUT2D eigenvalue weighted by Gasteiger charge is 2.19. The highest BCUT2D eigenvalue weighted by Crippen LogP contribution is 2.21. The fraction of sp³-hybridized carbons (Fsp3) is 0.278. The number of ether oxygens (including phenoxy) is 1. The molecule has 0 aliphatic rings. The smallest absolute Gasteiger partial charge is 0.239 e. The highest BCUT2D eigenvalue weighted by molar-refractivity contribution is 7.91. The van der Waals surface area contributed by atoms with Crippen molar-refractivity contribution in [2.75, 3.05) is 17.7 Å². The Kier molecular flexibility index (Phi) is 5.98. The van der Waals surface area contributed by atoms with E-state index in [9.17, 15) is 13.2 Å². The van der Waals surface area contributed by atoms with Gasteiger partial charge in [0.25, 0.3) is 0 Å². The van der Waals surface area contributed by atoms with E-state index < -0.39 is 21.5 Å². The Morgan fingerprint density at radius 2 is 1.75 bits per heavy atom. The van der Waals surface area contributed by atoms with Gasteiger partial charge in [-0.25, -0.2) is 8.42 Å². The van der Waals surface area contributed by atoms with Gasteiger partial charge in [0.1, 0.15) is 11.5 Å². The molecular formula is C18H21NO4S. The standard InChI is InChI=1S/C18H21NO4S/c1-3-23-17-7-5-4-6-15(17)12-24(21,22)13-18(20)19-16-10-8-14(2)9-11-16/h4-11H,3,12-13H2,1-2H3,(H,19,20). The minimum absolute atomic E-state index is 0.232. The average Bonchev–Trinajstić information content (AvgIpc) is 2.51. The molecular weight excluding hydrogens is 326 g/mol. The van der Waals surface area contributed by atoms with Crippen molar-refractivity contribution in [3.05, 3.63) is 59.7 Å². The molecule has 0 aromatic heterocycles. The molecule has 0 spiro atoms. The van der Waals surface area contributed by atoms with Crippen LogP contribution in [-0.4, -0.2) is 26.7 Å². The molecule has 0 heterocycles. The van der Waals surface area contributed by atoms with Gasteiger partial charge in [-0.2, -0.15) is 0 Å². The van der Waals surface area contributed by atoms with Crippen LogP contribution in [-0.2, 0) is 20.4 Å². The molecule has 0 saturated heterocycles. The summed E-state index contributed by atoms with van der Waals surface area (Å²) in [6.07, 6.45) is 0. The van der Waals surface area contributed by atoms with Gasteiger partial charge in [0.15, 0.2) is 9.84 Å². The van der Waals surface area contributed by atoms with Crippen LogP contribution in [0, 0.1) is 6.92 Å². The van der Waals surface area contributed by atoms with Crippen molar-refractivity contribution in [3.63, 3.8) is 0 Å². The van der Waals surface area contributed by atoms with E-state index in [1.807, 2.05) is 26.0 Å². The lowest BCUT2D eigenvalue weighted by Gasteiger charge is -2.11. The Balaban J connectivity index is 2.03. The number of anilines is 1. The fourth-order valence-corrected chi connectivity index (χ4v) is 3.53. The Hall–Kier alpha value is -2.34. The largest absolute Gasteiger partial charge is 0.494 e. The van der Waals surface area contributed by atoms with Gasteiger partial charge in [-0.05, 0) is 32.0 Å². The van der Waals surface area contributed by atoms with Crippen LogP contribution in [0.2, 0.25) is 0 Å². The van der Waals surface area contributed by atoms with Gasteiger partial charge < -0.3 is 10.1 Å². The number of carbonyl (C=O) groups excluding carboxylic acids is 1. The Bertz CT molecular complexity index is 798. The molecule has 0 saturated carbocycles. The Morgan fingerprint density at radius 3 is 2.42 bits per heavy atom. The SMILES string of the molecule is CCOc1ccccc1CS(=O)(=O)CC(=O)Nc1ccc(C)cc1. The highest BCUT2D eigenvalue weighted by atomic mass is 32.2. The molecule has 5 nitrogen and oxygen atoms in total. The molecule has 0 aliphatic carbocycles. The first-order valence-corrected chi connectivity index (χ1v) is 9.49. The molecule has 0 aliphatic heterocycles. The number of nitrogens with one attached hydrogen (secondary N) is 1. The van der Waals surface area contributed by atoms with Crippen LogP contribution in [0.25, 0.3) is 0 Å². The molecule has 2 rings (SSSR count). The number of benzene rings is 2. The molecule has 6 heteroatoms. The zero-order valence-corrected chi connectivity index (χ0v) is 14.6. The summed E-state index contributed by atoms with van der Waals surface area (Å²) in [7, 11) is -3.59. The number of sulfone groups is 1. The second-order valence-electron chi connectivity index (χ2n) is 5.49. The zero-order chi connectivity index (χ0) is 17.6. The summed E-state index contributed by atoms with van der Waals surface area (Å²) in [5.41, 5.74) is 2.20. The van der Waals surface area contributed by atoms with Crippen LogP contribution in [0.4, 0.5) is 5.69 Å². The lowest BCUT2D eigenvalue weighted by Crippen LogP contribution is -2.24. The van der Waals surface area contributed by atoms with E-state index >= 15 is 0 Å². The predicted molar refractivity (Wildman–Crippen MR) is 94.9 cm³/mol. The summed E-state index contributed by atoms with van der Waals surface area (Å²) in [6.45, 7) is 4.22. The normalized spacial score (nSPS) is 11.1. The number of para-hydroxylation sites is 1. The van der Waals surface area contributed by atoms with Gasteiger partial charge in [0.2, 0.25) is 5.91 Å². The summed E-state index contributed by atoms with van der Waals surface area (Å²) < 4.78 is 30.0. The van der Waals surface area contributed by atoms with Crippen LogP contribution >= 0.6 is 0 Å². The van der Waals surface area contributed by atoms with E-state index in [0.717, 1.165) is 5.56 Å². The van der Waals surface area contributed by atoms with Gasteiger partial charge in [-0.15, -0.1) is 0 Å². The predicted octanol–water partition coefficient (Wildman–Crippen LogP) is 2.95. The van der Waals surface area contributed by atoms with Crippen LogP contribution in [0.3, 0.4) is 0 Å². The zero-order valence-electron chi connectivity index (χ0n) is 13.8. The maximum absolute atomic E-state index is 12.3. The Morgan fingerprint density at radius 1 is 1.08 bits per heavy atom. The van der Waals surface area contributed by atoms with Crippen LogP contribution < -0.4 is 10.1 Å². The van der Waals surface area contributed by atoms with E-state index in [2.05, 4.69) is 5.32 Å². The van der Waals surface area contributed by atoms with E-state index in [0.29, 0.717) is 23.6 Å². The molecule has 0 fully saturated rings. The minimum atomic E-state index is -3.59. The first kappa shape index (κ1) is 18.0. The number of aryl methyl sites for hydroxylation is 1. The maximum atomic E-state index is 12.3. The summed E-state index contributed by atoms with van der Waals surface area (Å²) in [5.74, 6) is -0.818. The first-order chi connectivity index (χ1) is 11.4. The van der Waals surface area contributed by atoms with Gasteiger partial charge in [-0.1, -0.05) is 35.9 Å². The monoisotopic (exact) mass is 347 g/mol. The molecule has 1 N–H and O–H groups in total. The number of rotatable bonds is 7. The minimum Gasteiger partial charge on any atom is -0.494 e. The number of hydrogen-bond donors (Lipinski definition) is 1. The van der Waals surface area contributed by atoms with Gasteiger partial charge in [0, 0.05) is 11.3 Å². The lowest BCUT2D eigenvalue weighted by atomic mass is 10.2. The molecule has 2 aromatic rings.